The average molecular weight is 300 g/mol. The molecule has 0 bridgehead atoms. The number of likely N-dealkylation sites (tertiary alicyclic amines) is 1. The van der Waals surface area contributed by atoms with Gasteiger partial charge in [0.2, 0.25) is 0 Å². The van der Waals surface area contributed by atoms with Crippen LogP contribution in [0.3, 0.4) is 0 Å². The lowest BCUT2D eigenvalue weighted by atomic mass is 9.99. The van der Waals surface area contributed by atoms with Gasteiger partial charge in [0.15, 0.2) is 5.11 Å². The van der Waals surface area contributed by atoms with E-state index in [1.807, 2.05) is 12.1 Å². The minimum Gasteiger partial charge on any atom is -0.348 e. The van der Waals surface area contributed by atoms with E-state index < -0.39 is 0 Å². The number of thiocarbonyl (C=S) groups is 1. The molecule has 0 radical (unpaired) electrons. The summed E-state index contributed by atoms with van der Waals surface area (Å²) in [4.78, 5) is 2.15. The molecule has 1 fully saturated rings. The quantitative estimate of drug-likeness (QED) is 0.844. The van der Waals surface area contributed by atoms with Crippen molar-refractivity contribution in [3.05, 3.63) is 66.0 Å². The molecule has 1 aliphatic rings. The van der Waals surface area contributed by atoms with Crippen LogP contribution in [-0.4, -0.2) is 23.1 Å². The first-order valence-electron chi connectivity index (χ1n) is 7.09. The van der Waals surface area contributed by atoms with Gasteiger partial charge in [-0.3, -0.25) is 0 Å². The lowest BCUT2D eigenvalue weighted by Crippen LogP contribution is -2.32. The Morgan fingerprint density at radius 3 is 2.71 bits per heavy atom. The van der Waals surface area contributed by atoms with Crippen LogP contribution in [0.4, 0.5) is 10.1 Å². The summed E-state index contributed by atoms with van der Waals surface area (Å²) in [5.41, 5.74) is 2.05. The number of nitrogens with one attached hydrogen (secondary N) is 1. The Morgan fingerprint density at radius 1 is 1.14 bits per heavy atom. The first kappa shape index (κ1) is 14.0. The summed E-state index contributed by atoms with van der Waals surface area (Å²) in [5, 5.41) is 3.78. The van der Waals surface area contributed by atoms with Crippen LogP contribution in [0.1, 0.15) is 17.9 Å². The molecule has 2 aromatic carbocycles. The fourth-order valence-electron chi connectivity index (χ4n) is 2.71. The van der Waals surface area contributed by atoms with Crippen molar-refractivity contribution in [2.24, 2.45) is 0 Å². The van der Waals surface area contributed by atoms with E-state index in [9.17, 15) is 4.39 Å². The van der Waals surface area contributed by atoms with Crippen molar-refractivity contribution in [2.45, 2.75) is 12.3 Å². The Kier molecular flexibility index (Phi) is 4.15. The molecule has 1 saturated heterocycles. The molecule has 0 unspecified atom stereocenters. The second kappa shape index (κ2) is 6.22. The number of hydrogen-bond donors (Lipinski definition) is 1. The zero-order valence-electron chi connectivity index (χ0n) is 11.6. The number of anilines is 1. The molecule has 2 aromatic rings. The standard InChI is InChI=1S/C17H17FN2S/c18-15-7-4-8-16(11-15)19-17(21)20-10-9-14(12-20)13-5-2-1-3-6-13/h1-8,11,14H,9-10,12H2,(H,19,21)/t14-/m1/s1. The molecule has 21 heavy (non-hydrogen) atoms. The van der Waals surface area contributed by atoms with Crippen LogP contribution >= 0.6 is 12.2 Å². The molecule has 3 rings (SSSR count). The van der Waals surface area contributed by atoms with Gasteiger partial charge in [0.05, 0.1) is 0 Å². The molecule has 0 aliphatic carbocycles. The van der Waals surface area contributed by atoms with E-state index in [4.69, 9.17) is 12.2 Å². The van der Waals surface area contributed by atoms with Gasteiger partial charge >= 0.3 is 0 Å². The number of hydrogen-bond acceptors (Lipinski definition) is 1. The van der Waals surface area contributed by atoms with Crippen molar-refractivity contribution >= 4 is 23.0 Å². The molecule has 1 heterocycles. The fraction of sp³-hybridized carbons (Fsp3) is 0.235. The Morgan fingerprint density at radius 2 is 1.95 bits per heavy atom. The van der Waals surface area contributed by atoms with E-state index in [-0.39, 0.29) is 5.82 Å². The van der Waals surface area contributed by atoms with Gasteiger partial charge in [0, 0.05) is 24.7 Å². The summed E-state index contributed by atoms with van der Waals surface area (Å²) < 4.78 is 13.2. The zero-order chi connectivity index (χ0) is 14.7. The van der Waals surface area contributed by atoms with Crippen molar-refractivity contribution < 1.29 is 4.39 Å². The van der Waals surface area contributed by atoms with Gasteiger partial charge in [-0.15, -0.1) is 0 Å². The first-order valence-corrected chi connectivity index (χ1v) is 7.49. The second-order valence-electron chi connectivity index (χ2n) is 5.28. The van der Waals surface area contributed by atoms with Crippen LogP contribution in [0.5, 0.6) is 0 Å². The van der Waals surface area contributed by atoms with E-state index >= 15 is 0 Å². The minimum atomic E-state index is -0.258. The maximum atomic E-state index is 13.2. The highest BCUT2D eigenvalue weighted by Gasteiger charge is 2.25. The molecule has 2 nitrogen and oxygen atoms in total. The lowest BCUT2D eigenvalue weighted by Gasteiger charge is -2.20. The normalized spacial score (nSPS) is 17.8. The summed E-state index contributed by atoms with van der Waals surface area (Å²) in [6.07, 6.45) is 1.09. The summed E-state index contributed by atoms with van der Waals surface area (Å²) in [6, 6.07) is 16.9. The largest absolute Gasteiger partial charge is 0.348 e. The Bertz CT molecular complexity index is 630. The van der Waals surface area contributed by atoms with E-state index in [0.29, 0.717) is 16.7 Å². The first-order chi connectivity index (χ1) is 10.2. The molecule has 1 N–H and O–H groups in total. The number of halogens is 1. The van der Waals surface area contributed by atoms with Gasteiger partial charge in [-0.05, 0) is 42.4 Å². The fourth-order valence-corrected chi connectivity index (χ4v) is 2.99. The van der Waals surface area contributed by atoms with Crippen molar-refractivity contribution in [1.82, 2.24) is 4.90 Å². The Labute approximate surface area is 129 Å². The van der Waals surface area contributed by atoms with E-state index in [0.717, 1.165) is 19.5 Å². The highest BCUT2D eigenvalue weighted by atomic mass is 32.1. The maximum Gasteiger partial charge on any atom is 0.173 e. The predicted octanol–water partition coefficient (Wildman–Crippen LogP) is 4.01. The third-order valence-electron chi connectivity index (χ3n) is 3.82. The number of nitrogens with zero attached hydrogens (tertiary/aromatic N) is 1. The molecule has 1 atom stereocenters. The lowest BCUT2D eigenvalue weighted by molar-refractivity contribution is 0.518. The predicted molar refractivity (Wildman–Crippen MR) is 88.0 cm³/mol. The molecule has 4 heteroatoms. The smallest absolute Gasteiger partial charge is 0.173 e. The Hall–Kier alpha value is -1.94. The van der Waals surface area contributed by atoms with Gasteiger partial charge in [-0.1, -0.05) is 36.4 Å². The molecule has 1 aliphatic heterocycles. The zero-order valence-corrected chi connectivity index (χ0v) is 12.4. The molecule has 0 saturated carbocycles. The SMILES string of the molecule is Fc1cccc(NC(=S)N2CC[C@@H](c3ccccc3)C2)c1. The highest BCUT2D eigenvalue weighted by Crippen LogP contribution is 2.27. The molecule has 0 spiro atoms. The molecule has 0 aromatic heterocycles. The van der Waals surface area contributed by atoms with Crippen LogP contribution in [0.15, 0.2) is 54.6 Å². The van der Waals surface area contributed by atoms with Gasteiger partial charge in [-0.25, -0.2) is 4.39 Å². The van der Waals surface area contributed by atoms with Gasteiger partial charge in [-0.2, -0.15) is 0 Å². The highest BCUT2D eigenvalue weighted by molar-refractivity contribution is 7.80. The second-order valence-corrected chi connectivity index (χ2v) is 5.67. The van der Waals surface area contributed by atoms with Gasteiger partial charge < -0.3 is 10.2 Å². The van der Waals surface area contributed by atoms with Crippen molar-refractivity contribution in [3.8, 4) is 0 Å². The molecule has 0 amide bonds. The van der Waals surface area contributed by atoms with Crippen molar-refractivity contribution in [1.29, 1.82) is 0 Å². The molecule has 108 valence electrons. The molecular formula is C17H17FN2S. The maximum absolute atomic E-state index is 13.2. The summed E-state index contributed by atoms with van der Waals surface area (Å²) in [7, 11) is 0. The van der Waals surface area contributed by atoms with Crippen molar-refractivity contribution in [3.63, 3.8) is 0 Å². The minimum absolute atomic E-state index is 0.258. The van der Waals surface area contributed by atoms with E-state index in [1.165, 1.54) is 17.7 Å². The number of rotatable bonds is 2. The number of benzene rings is 2. The van der Waals surface area contributed by atoms with Gasteiger partial charge in [0.1, 0.15) is 5.82 Å². The van der Waals surface area contributed by atoms with Crippen LogP contribution in [-0.2, 0) is 0 Å². The third-order valence-corrected chi connectivity index (χ3v) is 4.18. The van der Waals surface area contributed by atoms with Gasteiger partial charge in [0.25, 0.3) is 0 Å². The van der Waals surface area contributed by atoms with Crippen molar-refractivity contribution in [2.75, 3.05) is 18.4 Å². The summed E-state index contributed by atoms with van der Waals surface area (Å²) in [5.74, 6) is 0.254. The van der Waals surface area contributed by atoms with Crippen LogP contribution in [0.25, 0.3) is 0 Å². The average Bonchev–Trinajstić information content (AvgIpc) is 2.98. The molecular weight excluding hydrogens is 283 g/mol. The summed E-state index contributed by atoms with van der Waals surface area (Å²) >= 11 is 5.43. The summed E-state index contributed by atoms with van der Waals surface area (Å²) in [6.45, 7) is 1.84. The van der Waals surface area contributed by atoms with Crippen LogP contribution < -0.4 is 5.32 Å². The monoisotopic (exact) mass is 300 g/mol. The van der Waals surface area contributed by atoms with E-state index in [1.54, 1.807) is 6.07 Å². The Balaban J connectivity index is 1.62. The third kappa shape index (κ3) is 3.39. The van der Waals surface area contributed by atoms with Crippen LogP contribution in [0, 0.1) is 5.82 Å². The van der Waals surface area contributed by atoms with E-state index in [2.05, 4.69) is 34.5 Å². The topological polar surface area (TPSA) is 15.3 Å². The van der Waals surface area contributed by atoms with Crippen LogP contribution in [0.2, 0.25) is 0 Å².